The third-order valence-electron chi connectivity index (χ3n) is 5.68. The Labute approximate surface area is 173 Å². The molecule has 2 aliphatic rings. The van der Waals surface area contributed by atoms with Crippen LogP contribution >= 0.6 is 22.6 Å². The summed E-state index contributed by atoms with van der Waals surface area (Å²) >= 11 is 2.48. The predicted octanol–water partition coefficient (Wildman–Crippen LogP) is 4.04. The van der Waals surface area contributed by atoms with Crippen LogP contribution in [-0.4, -0.2) is 70.7 Å². The largest absolute Gasteiger partial charge is 0.444 e. The Morgan fingerprint density at radius 1 is 1.12 bits per heavy atom. The maximum atomic E-state index is 12.3. The molecule has 0 heterocycles. The molecule has 0 aromatic heterocycles. The standard InChI is InChI=1S/C20H38IN3O2/c1-20(2,3)26-19(25)23(4)17-9-10-18(15-17)24(13-11-21)14-12-22-16-7-5-6-8-16/h16-18,22H,5-15H2,1-4H3/t17-,18+/m1/s1. The molecule has 6 heteroatoms. The fourth-order valence-electron chi connectivity index (χ4n) is 4.23. The lowest BCUT2D eigenvalue weighted by atomic mass is 10.2. The number of carbonyl (C=O) groups is 1. The maximum Gasteiger partial charge on any atom is 0.410 e. The van der Waals surface area contributed by atoms with Crippen LogP contribution in [0, 0.1) is 0 Å². The highest BCUT2D eigenvalue weighted by Gasteiger charge is 2.34. The Kier molecular flexibility index (Phi) is 8.94. The number of hydrogen-bond donors (Lipinski definition) is 1. The van der Waals surface area contributed by atoms with E-state index in [-0.39, 0.29) is 6.09 Å². The van der Waals surface area contributed by atoms with Crippen molar-refractivity contribution in [3.63, 3.8) is 0 Å². The lowest BCUT2D eigenvalue weighted by Gasteiger charge is -2.31. The summed E-state index contributed by atoms with van der Waals surface area (Å²) in [5, 5.41) is 3.74. The summed E-state index contributed by atoms with van der Waals surface area (Å²) in [6.45, 7) is 9.12. The van der Waals surface area contributed by atoms with Crippen LogP contribution in [0.4, 0.5) is 4.79 Å². The molecule has 0 unspecified atom stereocenters. The van der Waals surface area contributed by atoms with Gasteiger partial charge in [-0.15, -0.1) is 0 Å². The second kappa shape index (κ2) is 10.5. The normalized spacial score (nSPS) is 24.4. The number of amides is 1. The summed E-state index contributed by atoms with van der Waals surface area (Å²) in [5.74, 6) is 0. The smallest absolute Gasteiger partial charge is 0.410 e. The molecule has 152 valence electrons. The van der Waals surface area contributed by atoms with Crippen molar-refractivity contribution in [2.75, 3.05) is 31.1 Å². The van der Waals surface area contributed by atoms with E-state index in [4.69, 9.17) is 4.74 Å². The number of nitrogens with zero attached hydrogens (tertiary/aromatic N) is 2. The van der Waals surface area contributed by atoms with Gasteiger partial charge in [0.1, 0.15) is 5.60 Å². The van der Waals surface area contributed by atoms with Gasteiger partial charge in [0.15, 0.2) is 0 Å². The van der Waals surface area contributed by atoms with Crippen LogP contribution in [0.25, 0.3) is 0 Å². The van der Waals surface area contributed by atoms with E-state index in [0.717, 1.165) is 42.9 Å². The minimum Gasteiger partial charge on any atom is -0.444 e. The second-order valence-electron chi connectivity index (χ2n) is 8.87. The van der Waals surface area contributed by atoms with Crippen LogP contribution in [0.15, 0.2) is 0 Å². The third-order valence-corrected chi connectivity index (χ3v) is 6.16. The number of nitrogens with one attached hydrogen (secondary N) is 1. The van der Waals surface area contributed by atoms with Gasteiger partial charge in [0.2, 0.25) is 0 Å². The molecule has 0 spiro atoms. The quantitative estimate of drug-likeness (QED) is 0.422. The minimum atomic E-state index is -0.428. The van der Waals surface area contributed by atoms with E-state index in [9.17, 15) is 4.79 Å². The minimum absolute atomic E-state index is 0.188. The number of rotatable bonds is 8. The first-order valence-electron chi connectivity index (χ1n) is 10.3. The molecule has 0 aromatic carbocycles. The van der Waals surface area contributed by atoms with Gasteiger partial charge in [0, 0.05) is 49.2 Å². The molecule has 1 N–H and O–H groups in total. The van der Waals surface area contributed by atoms with Gasteiger partial charge in [-0.1, -0.05) is 35.4 Å². The zero-order valence-corrected chi connectivity index (χ0v) is 19.3. The molecule has 2 atom stereocenters. The molecule has 2 rings (SSSR count). The zero-order chi connectivity index (χ0) is 19.2. The Hall–Kier alpha value is -0.0800. The molecular formula is C20H38IN3O2. The fraction of sp³-hybridized carbons (Fsp3) is 0.950. The molecule has 0 aliphatic heterocycles. The first-order valence-corrected chi connectivity index (χ1v) is 11.8. The van der Waals surface area contributed by atoms with Crippen molar-refractivity contribution in [2.45, 2.75) is 89.4 Å². The van der Waals surface area contributed by atoms with Crippen LogP contribution < -0.4 is 5.32 Å². The SMILES string of the molecule is CN(C(=O)OC(C)(C)C)[C@@H]1CC[C@H](N(CCI)CCNC2CCCC2)C1. The number of ether oxygens (including phenoxy) is 1. The first-order chi connectivity index (χ1) is 12.3. The monoisotopic (exact) mass is 479 g/mol. The van der Waals surface area contributed by atoms with Crippen molar-refractivity contribution in [3.05, 3.63) is 0 Å². The average molecular weight is 479 g/mol. The Bertz CT molecular complexity index is 435. The summed E-state index contributed by atoms with van der Waals surface area (Å²) in [7, 11) is 1.89. The second-order valence-corrected chi connectivity index (χ2v) is 9.95. The van der Waals surface area contributed by atoms with Crippen molar-refractivity contribution in [1.82, 2.24) is 15.1 Å². The first kappa shape index (κ1) is 22.2. The van der Waals surface area contributed by atoms with Crippen molar-refractivity contribution in [3.8, 4) is 0 Å². The van der Waals surface area contributed by atoms with Gasteiger partial charge >= 0.3 is 6.09 Å². The number of hydrogen-bond acceptors (Lipinski definition) is 4. The lowest BCUT2D eigenvalue weighted by molar-refractivity contribution is 0.0220. The Balaban J connectivity index is 1.79. The van der Waals surface area contributed by atoms with E-state index in [2.05, 4.69) is 32.8 Å². The van der Waals surface area contributed by atoms with Gasteiger partial charge in [-0.05, 0) is 52.9 Å². The molecule has 2 aliphatic carbocycles. The van der Waals surface area contributed by atoms with Crippen LogP contribution in [-0.2, 0) is 4.74 Å². The van der Waals surface area contributed by atoms with Crippen molar-refractivity contribution in [1.29, 1.82) is 0 Å². The highest BCUT2D eigenvalue weighted by atomic mass is 127. The third kappa shape index (κ3) is 7.15. The predicted molar refractivity (Wildman–Crippen MR) is 116 cm³/mol. The number of halogens is 1. The summed E-state index contributed by atoms with van der Waals surface area (Å²) < 4.78 is 6.70. The molecule has 26 heavy (non-hydrogen) atoms. The molecule has 2 saturated carbocycles. The maximum absolute atomic E-state index is 12.3. The van der Waals surface area contributed by atoms with Gasteiger partial charge in [0.25, 0.3) is 0 Å². The Morgan fingerprint density at radius 2 is 1.77 bits per heavy atom. The zero-order valence-electron chi connectivity index (χ0n) is 17.1. The van der Waals surface area contributed by atoms with Crippen molar-refractivity contribution >= 4 is 28.7 Å². The fourth-order valence-corrected chi connectivity index (χ4v) is 4.85. The summed E-state index contributed by atoms with van der Waals surface area (Å²) in [4.78, 5) is 16.8. The Morgan fingerprint density at radius 3 is 2.38 bits per heavy atom. The van der Waals surface area contributed by atoms with E-state index in [0.29, 0.717) is 12.1 Å². The van der Waals surface area contributed by atoms with Crippen molar-refractivity contribution in [2.24, 2.45) is 0 Å². The molecular weight excluding hydrogens is 441 g/mol. The van der Waals surface area contributed by atoms with Crippen LogP contribution in [0.2, 0.25) is 0 Å². The van der Waals surface area contributed by atoms with Crippen molar-refractivity contribution < 1.29 is 9.53 Å². The number of carbonyl (C=O) groups excluding carboxylic acids is 1. The molecule has 1 amide bonds. The van der Waals surface area contributed by atoms with Crippen LogP contribution in [0.5, 0.6) is 0 Å². The summed E-state index contributed by atoms with van der Waals surface area (Å²) in [5.41, 5.74) is -0.428. The van der Waals surface area contributed by atoms with E-state index in [1.807, 2.05) is 32.7 Å². The van der Waals surface area contributed by atoms with Crippen LogP contribution in [0.1, 0.15) is 65.7 Å². The summed E-state index contributed by atoms with van der Waals surface area (Å²) in [6.07, 6.45) is 8.60. The van der Waals surface area contributed by atoms with Gasteiger partial charge in [-0.3, -0.25) is 4.90 Å². The lowest BCUT2D eigenvalue weighted by Crippen LogP contribution is -2.43. The molecule has 2 fully saturated rings. The molecule has 5 nitrogen and oxygen atoms in total. The van der Waals surface area contributed by atoms with Gasteiger partial charge in [-0.2, -0.15) is 0 Å². The molecule has 0 radical (unpaired) electrons. The van der Waals surface area contributed by atoms with Crippen LogP contribution in [0.3, 0.4) is 0 Å². The topological polar surface area (TPSA) is 44.8 Å². The van der Waals surface area contributed by atoms with Gasteiger partial charge < -0.3 is 15.0 Å². The molecule has 0 saturated heterocycles. The number of alkyl halides is 1. The van der Waals surface area contributed by atoms with E-state index in [1.165, 1.54) is 32.1 Å². The van der Waals surface area contributed by atoms with E-state index < -0.39 is 5.60 Å². The highest BCUT2D eigenvalue weighted by molar-refractivity contribution is 14.1. The highest BCUT2D eigenvalue weighted by Crippen LogP contribution is 2.28. The van der Waals surface area contributed by atoms with E-state index in [1.54, 1.807) is 0 Å². The van der Waals surface area contributed by atoms with E-state index >= 15 is 0 Å². The van der Waals surface area contributed by atoms with Gasteiger partial charge in [-0.25, -0.2) is 4.79 Å². The molecule has 0 bridgehead atoms. The molecule has 0 aromatic rings. The average Bonchev–Trinajstić information content (AvgIpc) is 3.23. The van der Waals surface area contributed by atoms with Gasteiger partial charge in [0.05, 0.1) is 0 Å². The summed E-state index contributed by atoms with van der Waals surface area (Å²) in [6, 6.07) is 1.63.